The first-order valence-electron chi connectivity index (χ1n) is 7.67. The lowest BCUT2D eigenvalue weighted by Gasteiger charge is -2.09. The lowest BCUT2D eigenvalue weighted by atomic mass is 10.2. The summed E-state index contributed by atoms with van der Waals surface area (Å²) in [6.07, 6.45) is 1.46. The highest BCUT2D eigenvalue weighted by Gasteiger charge is 2.17. The molecule has 6 nitrogen and oxygen atoms in total. The van der Waals surface area contributed by atoms with E-state index in [9.17, 15) is 0 Å². The largest absolute Gasteiger partial charge is 0.481 e. The molecule has 2 heterocycles. The van der Waals surface area contributed by atoms with Gasteiger partial charge in [-0.15, -0.1) is 0 Å². The van der Waals surface area contributed by atoms with Crippen LogP contribution in [0.4, 0.5) is 0 Å². The molecular formula is C18H16N4O2. The maximum atomic E-state index is 5.82. The number of hydrogen-bond donors (Lipinski definition) is 0. The van der Waals surface area contributed by atoms with Crippen LogP contribution in [0.1, 0.15) is 18.9 Å². The van der Waals surface area contributed by atoms with Crippen LogP contribution in [0.25, 0.3) is 22.4 Å². The summed E-state index contributed by atoms with van der Waals surface area (Å²) in [5, 5.41) is 4.07. The Labute approximate surface area is 138 Å². The van der Waals surface area contributed by atoms with Crippen LogP contribution < -0.4 is 4.74 Å². The zero-order chi connectivity index (χ0) is 16.5. The van der Waals surface area contributed by atoms with E-state index in [0.29, 0.717) is 11.7 Å². The summed E-state index contributed by atoms with van der Waals surface area (Å²) in [4.78, 5) is 8.78. The van der Waals surface area contributed by atoms with Crippen molar-refractivity contribution in [2.24, 2.45) is 7.05 Å². The highest BCUT2D eigenvalue weighted by Crippen LogP contribution is 2.25. The third kappa shape index (κ3) is 2.62. The van der Waals surface area contributed by atoms with Crippen LogP contribution in [-0.2, 0) is 7.05 Å². The van der Waals surface area contributed by atoms with E-state index in [1.165, 1.54) is 0 Å². The van der Waals surface area contributed by atoms with Crippen LogP contribution in [0.3, 0.4) is 0 Å². The van der Waals surface area contributed by atoms with Gasteiger partial charge in [0.2, 0.25) is 5.82 Å². The van der Waals surface area contributed by atoms with Crippen molar-refractivity contribution in [3.05, 3.63) is 60.7 Å². The van der Waals surface area contributed by atoms with E-state index in [2.05, 4.69) is 15.1 Å². The Hall–Kier alpha value is -3.15. The fraction of sp³-hybridized carbons (Fsp3) is 0.167. The van der Waals surface area contributed by atoms with Crippen LogP contribution in [0, 0.1) is 0 Å². The van der Waals surface area contributed by atoms with Gasteiger partial charge in [0.05, 0.1) is 17.4 Å². The number of fused-ring (bicyclic) bond motifs is 1. The van der Waals surface area contributed by atoms with Crippen molar-refractivity contribution in [1.29, 1.82) is 0 Å². The molecule has 0 fully saturated rings. The van der Waals surface area contributed by atoms with Gasteiger partial charge in [-0.25, -0.2) is 4.98 Å². The molecule has 0 spiro atoms. The topological polar surface area (TPSA) is 66.0 Å². The predicted octanol–water partition coefficient (Wildman–Crippen LogP) is 3.76. The minimum Gasteiger partial charge on any atom is -0.481 e. The Bertz CT molecular complexity index is 975. The SMILES string of the molecule is C[C@@H](Oc1ccccc1)c1nc(-c2ccc3ncn(C)c3c2)no1. The molecule has 0 aliphatic rings. The molecule has 0 radical (unpaired) electrons. The summed E-state index contributed by atoms with van der Waals surface area (Å²) in [6.45, 7) is 1.88. The Balaban J connectivity index is 1.60. The molecular weight excluding hydrogens is 304 g/mol. The maximum Gasteiger partial charge on any atom is 0.267 e. The highest BCUT2D eigenvalue weighted by molar-refractivity contribution is 5.80. The summed E-state index contributed by atoms with van der Waals surface area (Å²) in [6, 6.07) is 15.5. The number of hydrogen-bond acceptors (Lipinski definition) is 5. The molecule has 4 rings (SSSR count). The molecule has 2 aromatic carbocycles. The van der Waals surface area contributed by atoms with Gasteiger partial charge in [0.1, 0.15) is 5.75 Å². The summed E-state index contributed by atoms with van der Waals surface area (Å²) in [5.41, 5.74) is 2.84. The van der Waals surface area contributed by atoms with E-state index in [1.807, 2.05) is 67.1 Å². The monoisotopic (exact) mass is 320 g/mol. The smallest absolute Gasteiger partial charge is 0.267 e. The lowest BCUT2D eigenvalue weighted by Crippen LogP contribution is -2.03. The van der Waals surface area contributed by atoms with Crippen molar-refractivity contribution in [3.8, 4) is 17.1 Å². The van der Waals surface area contributed by atoms with Gasteiger partial charge in [-0.05, 0) is 37.3 Å². The second-order valence-electron chi connectivity index (χ2n) is 5.59. The van der Waals surface area contributed by atoms with Crippen LogP contribution >= 0.6 is 0 Å². The van der Waals surface area contributed by atoms with E-state index in [4.69, 9.17) is 9.26 Å². The van der Waals surface area contributed by atoms with Crippen LogP contribution in [0.5, 0.6) is 5.75 Å². The first-order chi connectivity index (χ1) is 11.7. The van der Waals surface area contributed by atoms with Crippen molar-refractivity contribution in [2.75, 3.05) is 0 Å². The Morgan fingerprint density at radius 3 is 2.79 bits per heavy atom. The Morgan fingerprint density at radius 1 is 1.12 bits per heavy atom. The van der Waals surface area contributed by atoms with Gasteiger partial charge < -0.3 is 13.8 Å². The highest BCUT2D eigenvalue weighted by atomic mass is 16.5. The summed E-state index contributed by atoms with van der Waals surface area (Å²) < 4.78 is 13.1. The third-order valence-corrected chi connectivity index (χ3v) is 3.83. The first kappa shape index (κ1) is 14.4. The summed E-state index contributed by atoms with van der Waals surface area (Å²) in [7, 11) is 1.95. The zero-order valence-corrected chi connectivity index (χ0v) is 13.4. The molecule has 6 heteroatoms. The van der Waals surface area contributed by atoms with Crippen molar-refractivity contribution in [3.63, 3.8) is 0 Å². The van der Waals surface area contributed by atoms with Crippen LogP contribution in [0.15, 0.2) is 59.4 Å². The third-order valence-electron chi connectivity index (χ3n) is 3.83. The van der Waals surface area contributed by atoms with Crippen molar-refractivity contribution in [1.82, 2.24) is 19.7 Å². The van der Waals surface area contributed by atoms with Gasteiger partial charge in [0.15, 0.2) is 6.10 Å². The maximum absolute atomic E-state index is 5.82. The lowest BCUT2D eigenvalue weighted by molar-refractivity contribution is 0.176. The molecule has 0 aliphatic carbocycles. The van der Waals surface area contributed by atoms with Crippen molar-refractivity contribution >= 4 is 11.0 Å². The van der Waals surface area contributed by atoms with E-state index in [1.54, 1.807) is 6.33 Å². The average Bonchev–Trinajstić information content (AvgIpc) is 3.23. The standard InChI is InChI=1S/C18H16N4O2/c1-12(23-14-6-4-3-5-7-14)18-20-17(21-24-18)13-8-9-15-16(10-13)22(2)11-19-15/h3-12H,1-2H3/t12-/m1/s1. The van der Waals surface area contributed by atoms with Gasteiger partial charge in [-0.3, -0.25) is 0 Å². The second kappa shape index (κ2) is 5.81. The van der Waals surface area contributed by atoms with Gasteiger partial charge in [-0.2, -0.15) is 4.98 Å². The number of nitrogens with zero attached hydrogens (tertiary/aromatic N) is 4. The molecule has 0 amide bonds. The second-order valence-corrected chi connectivity index (χ2v) is 5.59. The predicted molar refractivity (Wildman–Crippen MR) is 89.5 cm³/mol. The van der Waals surface area contributed by atoms with Crippen molar-refractivity contribution < 1.29 is 9.26 Å². The molecule has 24 heavy (non-hydrogen) atoms. The number of imidazole rings is 1. The van der Waals surface area contributed by atoms with E-state index in [-0.39, 0.29) is 6.10 Å². The Kier molecular flexibility index (Phi) is 3.49. The zero-order valence-electron chi connectivity index (χ0n) is 13.4. The normalized spacial score (nSPS) is 12.4. The molecule has 1 atom stereocenters. The number of aryl methyl sites for hydroxylation is 1. The number of benzene rings is 2. The quantitative estimate of drug-likeness (QED) is 0.573. The molecule has 120 valence electrons. The molecule has 0 bridgehead atoms. The molecule has 0 aliphatic heterocycles. The Morgan fingerprint density at radius 2 is 1.96 bits per heavy atom. The summed E-state index contributed by atoms with van der Waals surface area (Å²) in [5.74, 6) is 1.75. The van der Waals surface area contributed by atoms with E-state index < -0.39 is 0 Å². The van der Waals surface area contributed by atoms with E-state index in [0.717, 1.165) is 22.3 Å². The van der Waals surface area contributed by atoms with Gasteiger partial charge in [-0.1, -0.05) is 23.4 Å². The van der Waals surface area contributed by atoms with Crippen LogP contribution in [0.2, 0.25) is 0 Å². The first-order valence-corrected chi connectivity index (χ1v) is 7.67. The molecule has 4 aromatic rings. The van der Waals surface area contributed by atoms with E-state index >= 15 is 0 Å². The number of para-hydroxylation sites is 1. The minimum absolute atomic E-state index is 0.325. The average molecular weight is 320 g/mol. The van der Waals surface area contributed by atoms with Crippen LogP contribution in [-0.4, -0.2) is 19.7 Å². The van der Waals surface area contributed by atoms with Gasteiger partial charge in [0, 0.05) is 12.6 Å². The van der Waals surface area contributed by atoms with Gasteiger partial charge >= 0.3 is 0 Å². The molecule has 0 saturated heterocycles. The molecule has 0 unspecified atom stereocenters. The number of aromatic nitrogens is 4. The fourth-order valence-corrected chi connectivity index (χ4v) is 2.54. The summed E-state index contributed by atoms with van der Waals surface area (Å²) >= 11 is 0. The minimum atomic E-state index is -0.325. The number of ether oxygens (including phenoxy) is 1. The number of rotatable bonds is 4. The molecule has 0 N–H and O–H groups in total. The molecule has 0 saturated carbocycles. The fourth-order valence-electron chi connectivity index (χ4n) is 2.54. The van der Waals surface area contributed by atoms with Gasteiger partial charge in [0.25, 0.3) is 5.89 Å². The van der Waals surface area contributed by atoms with Crippen molar-refractivity contribution in [2.45, 2.75) is 13.0 Å². The molecule has 2 aromatic heterocycles.